The first-order valence-electron chi connectivity index (χ1n) is 9.71. The largest absolute Gasteiger partial charge is 0.385 e. The van der Waals surface area contributed by atoms with E-state index in [0.717, 1.165) is 56.8 Å². The van der Waals surface area contributed by atoms with Gasteiger partial charge in [0.2, 0.25) is 11.9 Å². The molecule has 0 spiro atoms. The monoisotopic (exact) mass is 358 g/mol. The first-order chi connectivity index (χ1) is 12.7. The Labute approximate surface area is 155 Å². The molecule has 3 rings (SSSR count). The standard InChI is InChI=1S/C20H30N4O2/c1-3-12-24-18-8-5-4-7-17(18)22-20(24)23-13-9-16(10-14-23)19(25)21-11-6-15-26-2/h4-5,7-8,16H,3,6,9-15H2,1-2H3,(H,21,25). The predicted molar refractivity (Wildman–Crippen MR) is 104 cm³/mol. The number of ether oxygens (including phenoxy) is 1. The molecule has 1 aliphatic rings. The quantitative estimate of drug-likeness (QED) is 0.737. The summed E-state index contributed by atoms with van der Waals surface area (Å²) in [5.41, 5.74) is 2.25. The van der Waals surface area contributed by atoms with Gasteiger partial charge in [-0.1, -0.05) is 19.1 Å². The molecule has 2 aromatic rings. The molecular weight excluding hydrogens is 328 g/mol. The van der Waals surface area contributed by atoms with Crippen molar-refractivity contribution in [3.05, 3.63) is 24.3 Å². The molecule has 1 N–H and O–H groups in total. The molecule has 1 amide bonds. The highest BCUT2D eigenvalue weighted by Gasteiger charge is 2.27. The van der Waals surface area contributed by atoms with Crippen LogP contribution < -0.4 is 10.2 Å². The van der Waals surface area contributed by atoms with Gasteiger partial charge in [0.1, 0.15) is 0 Å². The van der Waals surface area contributed by atoms with E-state index in [4.69, 9.17) is 9.72 Å². The van der Waals surface area contributed by atoms with Crippen LogP contribution in [0.1, 0.15) is 32.6 Å². The Morgan fingerprint density at radius 1 is 1.31 bits per heavy atom. The van der Waals surface area contributed by atoms with Gasteiger partial charge in [0.15, 0.2) is 0 Å². The number of aryl methyl sites for hydroxylation is 1. The average Bonchev–Trinajstić information content (AvgIpc) is 3.04. The van der Waals surface area contributed by atoms with Gasteiger partial charge in [-0.25, -0.2) is 4.98 Å². The van der Waals surface area contributed by atoms with Crippen LogP contribution in [0.5, 0.6) is 0 Å². The molecule has 1 fully saturated rings. The molecule has 0 radical (unpaired) electrons. The van der Waals surface area contributed by atoms with Crippen molar-refractivity contribution in [1.29, 1.82) is 0 Å². The van der Waals surface area contributed by atoms with E-state index in [9.17, 15) is 4.79 Å². The van der Waals surface area contributed by atoms with Crippen LogP contribution in [-0.2, 0) is 16.1 Å². The molecule has 1 aromatic carbocycles. The number of aromatic nitrogens is 2. The Bertz CT molecular complexity index is 720. The number of imidazole rings is 1. The number of hydrogen-bond donors (Lipinski definition) is 1. The van der Waals surface area contributed by atoms with E-state index in [0.29, 0.717) is 13.2 Å². The molecule has 0 unspecified atom stereocenters. The number of amides is 1. The smallest absolute Gasteiger partial charge is 0.223 e. The molecule has 0 aliphatic carbocycles. The molecule has 6 heteroatoms. The number of benzene rings is 1. The number of methoxy groups -OCH3 is 1. The normalized spacial score (nSPS) is 15.5. The number of rotatable bonds is 8. The molecular formula is C20H30N4O2. The third-order valence-corrected chi connectivity index (χ3v) is 5.05. The Morgan fingerprint density at radius 3 is 2.81 bits per heavy atom. The SMILES string of the molecule is CCCn1c(N2CCC(C(=O)NCCCOC)CC2)nc2ccccc21. The Kier molecular flexibility index (Phi) is 6.50. The highest BCUT2D eigenvalue weighted by atomic mass is 16.5. The third kappa shape index (κ3) is 4.18. The predicted octanol–water partition coefficient (Wildman–Crippen LogP) is 2.82. The zero-order valence-electron chi connectivity index (χ0n) is 15.9. The summed E-state index contributed by atoms with van der Waals surface area (Å²) in [7, 11) is 1.68. The minimum Gasteiger partial charge on any atom is -0.385 e. The first kappa shape index (κ1) is 18.7. The molecule has 0 bridgehead atoms. The molecule has 1 aliphatic heterocycles. The topological polar surface area (TPSA) is 59.4 Å². The van der Waals surface area contributed by atoms with Gasteiger partial charge in [0.25, 0.3) is 0 Å². The summed E-state index contributed by atoms with van der Waals surface area (Å²) in [4.78, 5) is 19.5. The summed E-state index contributed by atoms with van der Waals surface area (Å²) in [6, 6.07) is 8.32. The number of carbonyl (C=O) groups excluding carboxylic acids is 1. The van der Waals surface area contributed by atoms with Gasteiger partial charge >= 0.3 is 0 Å². The zero-order valence-corrected chi connectivity index (χ0v) is 15.9. The Balaban J connectivity index is 1.62. The Morgan fingerprint density at radius 2 is 2.08 bits per heavy atom. The number of hydrogen-bond acceptors (Lipinski definition) is 4. The maximum Gasteiger partial charge on any atom is 0.223 e. The van der Waals surface area contributed by atoms with Crippen LogP contribution in [0.15, 0.2) is 24.3 Å². The van der Waals surface area contributed by atoms with Crippen molar-refractivity contribution < 1.29 is 9.53 Å². The van der Waals surface area contributed by atoms with E-state index in [2.05, 4.69) is 39.9 Å². The van der Waals surface area contributed by atoms with Gasteiger partial charge in [-0.05, 0) is 37.8 Å². The first-order valence-corrected chi connectivity index (χ1v) is 9.71. The molecule has 142 valence electrons. The second-order valence-corrected chi connectivity index (χ2v) is 6.95. The van der Waals surface area contributed by atoms with Gasteiger partial charge in [0.05, 0.1) is 11.0 Å². The third-order valence-electron chi connectivity index (χ3n) is 5.05. The average molecular weight is 358 g/mol. The summed E-state index contributed by atoms with van der Waals surface area (Å²) in [5.74, 6) is 1.34. The minimum atomic E-state index is 0.109. The van der Waals surface area contributed by atoms with E-state index in [1.165, 1.54) is 5.52 Å². The summed E-state index contributed by atoms with van der Waals surface area (Å²) in [6.07, 6.45) is 3.70. The molecule has 0 saturated carbocycles. The lowest BCUT2D eigenvalue weighted by molar-refractivity contribution is -0.125. The van der Waals surface area contributed by atoms with Crippen molar-refractivity contribution >= 4 is 22.9 Å². The molecule has 6 nitrogen and oxygen atoms in total. The van der Waals surface area contributed by atoms with E-state index < -0.39 is 0 Å². The van der Waals surface area contributed by atoms with Gasteiger partial charge in [-0.3, -0.25) is 4.79 Å². The fraction of sp³-hybridized carbons (Fsp3) is 0.600. The van der Waals surface area contributed by atoms with Crippen molar-refractivity contribution in [2.24, 2.45) is 5.92 Å². The van der Waals surface area contributed by atoms with Crippen molar-refractivity contribution in [2.45, 2.75) is 39.2 Å². The van der Waals surface area contributed by atoms with Crippen LogP contribution in [-0.4, -0.2) is 48.8 Å². The van der Waals surface area contributed by atoms with Crippen molar-refractivity contribution in [2.75, 3.05) is 38.3 Å². The fourth-order valence-corrected chi connectivity index (χ4v) is 3.66. The molecule has 2 heterocycles. The van der Waals surface area contributed by atoms with Crippen LogP contribution >= 0.6 is 0 Å². The van der Waals surface area contributed by atoms with E-state index in [1.54, 1.807) is 7.11 Å². The molecule has 1 saturated heterocycles. The minimum absolute atomic E-state index is 0.109. The van der Waals surface area contributed by atoms with Gasteiger partial charge < -0.3 is 19.5 Å². The summed E-state index contributed by atoms with van der Waals surface area (Å²) < 4.78 is 7.34. The summed E-state index contributed by atoms with van der Waals surface area (Å²) in [5, 5.41) is 3.04. The maximum absolute atomic E-state index is 12.3. The number of fused-ring (bicyclic) bond motifs is 1. The number of anilines is 1. The van der Waals surface area contributed by atoms with Gasteiger partial charge in [0, 0.05) is 45.8 Å². The van der Waals surface area contributed by atoms with E-state index >= 15 is 0 Å². The zero-order chi connectivity index (χ0) is 18.4. The number of nitrogens with one attached hydrogen (secondary N) is 1. The van der Waals surface area contributed by atoms with Crippen LogP contribution in [0, 0.1) is 5.92 Å². The Hall–Kier alpha value is -2.08. The second-order valence-electron chi connectivity index (χ2n) is 6.95. The van der Waals surface area contributed by atoms with Gasteiger partial charge in [-0.15, -0.1) is 0 Å². The lowest BCUT2D eigenvalue weighted by atomic mass is 9.96. The number of piperidine rings is 1. The summed E-state index contributed by atoms with van der Waals surface area (Å²) >= 11 is 0. The fourth-order valence-electron chi connectivity index (χ4n) is 3.66. The van der Waals surface area contributed by atoms with Crippen molar-refractivity contribution in [3.8, 4) is 0 Å². The lowest BCUT2D eigenvalue weighted by Gasteiger charge is -2.32. The van der Waals surface area contributed by atoms with Crippen molar-refractivity contribution in [1.82, 2.24) is 14.9 Å². The van der Waals surface area contributed by atoms with E-state index in [-0.39, 0.29) is 11.8 Å². The van der Waals surface area contributed by atoms with Crippen LogP contribution in [0.4, 0.5) is 5.95 Å². The lowest BCUT2D eigenvalue weighted by Crippen LogP contribution is -2.41. The van der Waals surface area contributed by atoms with Gasteiger partial charge in [-0.2, -0.15) is 0 Å². The molecule has 0 atom stereocenters. The van der Waals surface area contributed by atoms with Crippen LogP contribution in [0.2, 0.25) is 0 Å². The molecule has 1 aromatic heterocycles. The maximum atomic E-state index is 12.3. The highest BCUT2D eigenvalue weighted by molar-refractivity contribution is 5.80. The number of nitrogens with zero attached hydrogens (tertiary/aromatic N) is 3. The van der Waals surface area contributed by atoms with E-state index in [1.807, 2.05) is 6.07 Å². The van der Waals surface area contributed by atoms with Crippen LogP contribution in [0.25, 0.3) is 11.0 Å². The van der Waals surface area contributed by atoms with Crippen LogP contribution in [0.3, 0.4) is 0 Å². The highest BCUT2D eigenvalue weighted by Crippen LogP contribution is 2.27. The van der Waals surface area contributed by atoms with Crippen molar-refractivity contribution in [3.63, 3.8) is 0 Å². The molecule has 26 heavy (non-hydrogen) atoms. The summed E-state index contributed by atoms with van der Waals surface area (Å²) in [6.45, 7) is 6.30. The second kappa shape index (κ2) is 9.03. The number of carbonyl (C=O) groups is 1. The number of para-hydroxylation sites is 2.